The van der Waals surface area contributed by atoms with Gasteiger partial charge in [0, 0.05) is 16.3 Å². The van der Waals surface area contributed by atoms with Gasteiger partial charge in [0.1, 0.15) is 5.01 Å². The van der Waals surface area contributed by atoms with E-state index in [1.54, 1.807) is 11.3 Å². The van der Waals surface area contributed by atoms with Crippen LogP contribution >= 0.6 is 22.9 Å². The van der Waals surface area contributed by atoms with Crippen LogP contribution in [0.5, 0.6) is 0 Å². The summed E-state index contributed by atoms with van der Waals surface area (Å²) >= 11 is 7.58. The van der Waals surface area contributed by atoms with Crippen LogP contribution in [-0.4, -0.2) is 4.98 Å². The van der Waals surface area contributed by atoms with E-state index >= 15 is 0 Å². The maximum absolute atomic E-state index is 6.02. The molecule has 0 bridgehead atoms. The molecule has 2 nitrogen and oxygen atoms in total. The lowest BCUT2D eigenvalue weighted by molar-refractivity contribution is 1.27. The molecule has 0 aliphatic carbocycles. The highest BCUT2D eigenvalue weighted by molar-refractivity contribution is 7.18. The predicted octanol–water partition coefficient (Wildman–Crippen LogP) is 5.02. The summed E-state index contributed by atoms with van der Waals surface area (Å²) < 4.78 is 0. The third-order valence-electron chi connectivity index (χ3n) is 3.09. The molecule has 1 aromatic heterocycles. The summed E-state index contributed by atoms with van der Waals surface area (Å²) in [5.41, 5.74) is 9.90. The van der Waals surface area contributed by atoms with Crippen molar-refractivity contribution in [3.05, 3.63) is 59.2 Å². The smallest absolute Gasteiger partial charge is 0.126 e. The molecule has 20 heavy (non-hydrogen) atoms. The van der Waals surface area contributed by atoms with E-state index in [0.29, 0.717) is 0 Å². The number of nitrogens with two attached hydrogens (primary N) is 1. The number of aromatic nitrogens is 1. The third kappa shape index (κ3) is 2.42. The van der Waals surface area contributed by atoms with Gasteiger partial charge in [-0.25, -0.2) is 4.98 Å². The third-order valence-corrected chi connectivity index (χ3v) is 4.59. The van der Waals surface area contributed by atoms with Gasteiger partial charge in [0.25, 0.3) is 0 Å². The predicted molar refractivity (Wildman–Crippen MR) is 87.1 cm³/mol. The van der Waals surface area contributed by atoms with E-state index in [9.17, 15) is 0 Å². The van der Waals surface area contributed by atoms with E-state index < -0.39 is 0 Å². The second kappa shape index (κ2) is 5.27. The molecule has 1 heterocycles. The average Bonchev–Trinajstić information content (AvgIpc) is 2.82. The van der Waals surface area contributed by atoms with Crippen molar-refractivity contribution in [3.63, 3.8) is 0 Å². The van der Waals surface area contributed by atoms with Gasteiger partial charge in [0.15, 0.2) is 0 Å². The Balaban J connectivity index is 2.08. The highest BCUT2D eigenvalue weighted by Crippen LogP contribution is 2.37. The quantitative estimate of drug-likeness (QED) is 0.675. The molecule has 0 fully saturated rings. The van der Waals surface area contributed by atoms with Gasteiger partial charge in [-0.1, -0.05) is 35.9 Å². The van der Waals surface area contributed by atoms with Crippen LogP contribution in [0.4, 0.5) is 5.69 Å². The molecule has 0 saturated heterocycles. The minimum absolute atomic E-state index is 0.739. The van der Waals surface area contributed by atoms with Gasteiger partial charge in [0.2, 0.25) is 0 Å². The number of nitrogens with zero attached hydrogens (tertiary/aromatic N) is 1. The van der Waals surface area contributed by atoms with E-state index in [1.165, 1.54) is 0 Å². The first-order valence-corrected chi connectivity index (χ1v) is 7.43. The Kier molecular flexibility index (Phi) is 3.47. The van der Waals surface area contributed by atoms with Crippen LogP contribution in [0.15, 0.2) is 48.5 Å². The van der Waals surface area contributed by atoms with Crippen molar-refractivity contribution in [2.45, 2.75) is 6.92 Å². The van der Waals surface area contributed by atoms with Crippen LogP contribution in [0, 0.1) is 6.92 Å². The lowest BCUT2D eigenvalue weighted by atomic mass is 10.1. The normalized spacial score (nSPS) is 10.7. The van der Waals surface area contributed by atoms with Crippen LogP contribution in [-0.2, 0) is 0 Å². The zero-order valence-corrected chi connectivity index (χ0v) is 12.5. The number of thiazole rings is 1. The maximum atomic E-state index is 6.02. The fraction of sp³-hybridized carbons (Fsp3) is 0.0625. The summed E-state index contributed by atoms with van der Waals surface area (Å²) in [4.78, 5) is 5.80. The molecule has 0 radical (unpaired) electrons. The summed E-state index contributed by atoms with van der Waals surface area (Å²) in [6.07, 6.45) is 0. The Bertz CT molecular complexity index is 747. The van der Waals surface area contributed by atoms with Crippen molar-refractivity contribution in [1.82, 2.24) is 4.98 Å². The Morgan fingerprint density at radius 1 is 1.05 bits per heavy atom. The minimum atomic E-state index is 0.739. The fourth-order valence-electron chi connectivity index (χ4n) is 2.07. The molecule has 4 heteroatoms. The fourth-order valence-corrected chi connectivity index (χ4v) is 3.32. The first-order valence-electron chi connectivity index (χ1n) is 6.23. The van der Waals surface area contributed by atoms with Crippen LogP contribution in [0.1, 0.15) is 5.69 Å². The molecule has 100 valence electrons. The molecule has 2 aromatic carbocycles. The zero-order valence-electron chi connectivity index (χ0n) is 10.9. The van der Waals surface area contributed by atoms with Gasteiger partial charge < -0.3 is 5.73 Å². The molecular weight excluding hydrogens is 288 g/mol. The molecule has 0 spiro atoms. The molecule has 0 unspecified atom stereocenters. The molecule has 3 aromatic rings. The number of nitrogen functional groups attached to an aromatic ring is 1. The van der Waals surface area contributed by atoms with Crippen molar-refractivity contribution >= 4 is 28.6 Å². The van der Waals surface area contributed by atoms with E-state index in [4.69, 9.17) is 17.3 Å². The number of para-hydroxylation sites is 1. The molecule has 0 saturated carbocycles. The van der Waals surface area contributed by atoms with Crippen molar-refractivity contribution in [2.24, 2.45) is 0 Å². The van der Waals surface area contributed by atoms with Gasteiger partial charge in [-0.2, -0.15) is 0 Å². The zero-order chi connectivity index (χ0) is 14.1. The molecule has 3 rings (SSSR count). The van der Waals surface area contributed by atoms with E-state index in [0.717, 1.165) is 37.4 Å². The summed E-state index contributed by atoms with van der Waals surface area (Å²) in [6, 6.07) is 15.6. The molecule has 0 aliphatic rings. The topological polar surface area (TPSA) is 38.9 Å². The maximum Gasteiger partial charge on any atom is 0.126 e. The molecule has 0 amide bonds. The van der Waals surface area contributed by atoms with E-state index in [-0.39, 0.29) is 0 Å². The monoisotopic (exact) mass is 300 g/mol. The van der Waals surface area contributed by atoms with Crippen LogP contribution in [0.3, 0.4) is 0 Å². The Hall–Kier alpha value is -1.84. The number of hydrogen-bond acceptors (Lipinski definition) is 3. The second-order valence-electron chi connectivity index (χ2n) is 4.53. The van der Waals surface area contributed by atoms with Crippen molar-refractivity contribution in [1.29, 1.82) is 0 Å². The van der Waals surface area contributed by atoms with Crippen LogP contribution < -0.4 is 5.73 Å². The summed E-state index contributed by atoms with van der Waals surface area (Å²) in [6.45, 7) is 2.02. The summed E-state index contributed by atoms with van der Waals surface area (Å²) in [5.74, 6) is 0. The van der Waals surface area contributed by atoms with Crippen molar-refractivity contribution < 1.29 is 0 Å². The Labute approximate surface area is 126 Å². The van der Waals surface area contributed by atoms with Crippen LogP contribution in [0.25, 0.3) is 21.0 Å². The number of benzene rings is 2. The van der Waals surface area contributed by atoms with Gasteiger partial charge in [-0.15, -0.1) is 11.3 Å². The van der Waals surface area contributed by atoms with Crippen molar-refractivity contribution in [3.8, 4) is 21.0 Å². The van der Waals surface area contributed by atoms with E-state index in [1.807, 2.05) is 55.5 Å². The molecule has 2 N–H and O–H groups in total. The molecule has 0 atom stereocenters. The van der Waals surface area contributed by atoms with Crippen molar-refractivity contribution in [2.75, 3.05) is 5.73 Å². The van der Waals surface area contributed by atoms with Gasteiger partial charge in [0.05, 0.1) is 10.6 Å². The lowest BCUT2D eigenvalue weighted by Gasteiger charge is -2.00. The van der Waals surface area contributed by atoms with Gasteiger partial charge >= 0.3 is 0 Å². The SMILES string of the molecule is Cc1nc(-c2ccccc2N)sc1-c1ccc(Cl)cc1. The highest BCUT2D eigenvalue weighted by atomic mass is 35.5. The van der Waals surface area contributed by atoms with Crippen LogP contribution in [0.2, 0.25) is 5.02 Å². The lowest BCUT2D eigenvalue weighted by Crippen LogP contribution is -1.88. The van der Waals surface area contributed by atoms with Gasteiger partial charge in [-0.3, -0.25) is 0 Å². The standard InChI is InChI=1S/C16H13ClN2S/c1-10-15(11-6-8-12(17)9-7-11)20-16(19-10)13-4-2-3-5-14(13)18/h2-9H,18H2,1H3. The number of halogens is 1. The summed E-state index contributed by atoms with van der Waals surface area (Å²) in [5, 5.41) is 1.69. The highest BCUT2D eigenvalue weighted by Gasteiger charge is 2.12. The Morgan fingerprint density at radius 3 is 2.45 bits per heavy atom. The summed E-state index contributed by atoms with van der Waals surface area (Å²) in [7, 11) is 0. The Morgan fingerprint density at radius 2 is 1.75 bits per heavy atom. The largest absolute Gasteiger partial charge is 0.398 e. The number of aryl methyl sites for hydroxylation is 1. The first kappa shape index (κ1) is 13.2. The van der Waals surface area contributed by atoms with E-state index in [2.05, 4.69) is 4.98 Å². The molecular formula is C16H13ClN2S. The number of hydrogen-bond donors (Lipinski definition) is 1. The minimum Gasteiger partial charge on any atom is -0.398 e. The molecule has 0 aliphatic heterocycles. The van der Waals surface area contributed by atoms with Gasteiger partial charge in [-0.05, 0) is 36.8 Å². The second-order valence-corrected chi connectivity index (χ2v) is 5.96. The first-order chi connectivity index (χ1) is 9.65. The number of anilines is 1. The number of rotatable bonds is 2. The average molecular weight is 301 g/mol.